The van der Waals surface area contributed by atoms with Gasteiger partial charge in [-0.15, -0.1) is 0 Å². The number of Topliss-reactive ketones (excluding diaryl/α,β-unsaturated/α-hetero) is 3. The molecule has 0 aromatic heterocycles. The summed E-state index contributed by atoms with van der Waals surface area (Å²) in [6, 6.07) is 4.05. The van der Waals surface area contributed by atoms with E-state index in [4.69, 9.17) is 51.6 Å². The van der Waals surface area contributed by atoms with Gasteiger partial charge in [0.25, 0.3) is 0 Å². The number of hydrogen-bond donors (Lipinski definition) is 15. The van der Waals surface area contributed by atoms with E-state index < -0.39 is 237 Å². The minimum absolute atomic E-state index is 0.0582. The number of aliphatic hydroxyl groups excluding tert-OH is 5. The van der Waals surface area contributed by atoms with Crippen molar-refractivity contribution in [3.8, 4) is 57.1 Å². The molecule has 33 nitrogen and oxygen atoms in total. The number of rotatable bonds is 21. The molecule has 10 aliphatic rings. The normalized spacial score (nSPS) is 26.8. The van der Waals surface area contributed by atoms with E-state index >= 15 is 33.6 Å². The zero-order chi connectivity index (χ0) is 91.4. The molecular weight excluding hydrogens is 1680 g/mol. The number of phenolic OH excluding ortho intramolecular Hbond substituents is 3. The number of imide groups is 1. The molecule has 682 valence electrons. The van der Waals surface area contributed by atoms with Gasteiger partial charge in [-0.2, -0.15) is 0 Å². The number of ketones is 3. The maximum atomic E-state index is 16.7. The standard InChI is InChI=1S/C91H114Cl2N8O25/c1-11-12-13-14-15-16-23-94-87(118)96-70(108)36-51-33-62(105)74(99-84(116)59(24-42(2)3)101(10)89(120)126-91(7,8)9)76(109)46-18-21-65(57(92)31-46)121-67-34-50-35-68(81(67)124-86-80(113)79(112)78(111)69(123-86)41-95-88(119)125-90(4,5)6)122-66-22-19-47(32-58(66)93)77(110)75-85(117)98-73(64(107)39-53-48-26-43-25-44(28-48)29-49(53)27-43)56-37-52(102)38-61(104)71(56)55-30-45(17-20-60(55)103)54(83(115)100-75)40-63(106)72(50)97-82(51)114/h17-22,30-32,34-35,37-38,42-44,48-49,51,53-54,59,69,72-80,86,102-104,109-113H,11-16,23-29,33,36,39-41H2,1-10H3,(H,95,119)(H,97,114)(H,98,117)(H,99,116)(H,100,115)(H2,94,96,108,118)/t43?,44?,48?,49?,51-,53?,54+,59+,69?,72+,73-,74-,75+,76+,77+,78?,79?,80?,86?/m0/s1. The molecule has 1 saturated heterocycles. The van der Waals surface area contributed by atoms with E-state index in [-0.39, 0.29) is 87.9 Å². The van der Waals surface area contributed by atoms with Crippen LogP contribution in [0, 0.1) is 41.4 Å². The molecule has 6 aliphatic heterocycles. The van der Waals surface area contributed by atoms with Crippen molar-refractivity contribution in [2.75, 3.05) is 20.1 Å². The number of nitrogens with zero attached hydrogens (tertiary/aromatic N) is 1. The van der Waals surface area contributed by atoms with Crippen LogP contribution in [0.3, 0.4) is 0 Å². The molecule has 6 heterocycles. The molecular formula is C91H114Cl2N8O25. The number of carbonyl (C=O) groups excluding carboxylic acids is 11. The lowest BCUT2D eigenvalue weighted by molar-refractivity contribution is -0.270. The molecule has 5 unspecified atom stereocenters. The summed E-state index contributed by atoms with van der Waals surface area (Å²) in [4.78, 5) is 168. The molecule has 35 heteroatoms. The Morgan fingerprint density at radius 1 is 0.619 bits per heavy atom. The first-order valence-corrected chi connectivity index (χ1v) is 43.8. The van der Waals surface area contributed by atoms with Crippen LogP contribution < -0.4 is 51.4 Å². The summed E-state index contributed by atoms with van der Waals surface area (Å²) in [5.41, 5.74) is -3.93. The maximum Gasteiger partial charge on any atom is 0.410 e. The first-order chi connectivity index (χ1) is 59.5. The van der Waals surface area contributed by atoms with Crippen LogP contribution in [0.2, 0.25) is 10.0 Å². The van der Waals surface area contributed by atoms with Crippen molar-refractivity contribution in [2.45, 2.75) is 255 Å². The number of benzene rings is 5. The predicted molar refractivity (Wildman–Crippen MR) is 456 cm³/mol. The largest absolute Gasteiger partial charge is 0.508 e. The van der Waals surface area contributed by atoms with E-state index in [2.05, 4.69) is 44.1 Å². The fourth-order valence-corrected chi connectivity index (χ4v) is 18.8. The van der Waals surface area contributed by atoms with Gasteiger partial charge in [0, 0.05) is 63.0 Å². The number of aliphatic hydroxyl groups is 5. The monoisotopic (exact) mass is 1790 g/mol. The first-order valence-electron chi connectivity index (χ1n) is 43.0. The topological polar surface area (TPSA) is 492 Å². The quantitative estimate of drug-likeness (QED) is 0.0303. The van der Waals surface area contributed by atoms with Crippen LogP contribution in [0.15, 0.2) is 78.9 Å². The van der Waals surface area contributed by atoms with Crippen molar-refractivity contribution in [3.05, 3.63) is 117 Å². The Balaban J connectivity index is 1.05. The SMILES string of the molecule is CCCCCCCCNC(=O)NC(=O)C[C@@H]1CC(=O)[C@H](NC(=O)[C@@H](CC(C)C)N(C)C(=O)OC(C)(C)C)[C@H](O)c2ccc(c(Cl)c2)Oc2cc3cc(c2OC2OC(CNC(=O)OC(C)(C)C)C(O)C(O)C2O)Oc2ccc(cc2Cl)[C@@H](O)[C@H]2NC(=O)[C@H](CC(=O)[C@@H]3NC1=O)c1ccc(O)c(c1)-c1c(O)cc(O)cc1[C@@H](C(=O)CC1C3CC4CC(C3)CC1C4)NC2=O. The van der Waals surface area contributed by atoms with Crippen molar-refractivity contribution in [2.24, 2.45) is 41.4 Å². The number of hydrogen-bond acceptors (Lipinski definition) is 25. The third-order valence-electron chi connectivity index (χ3n) is 24.4. The molecule has 0 spiro atoms. The predicted octanol–water partition coefficient (Wildman–Crippen LogP) is 10.7. The number of carbonyl (C=O) groups is 11. The number of nitrogens with one attached hydrogen (secondary N) is 7. The van der Waals surface area contributed by atoms with Gasteiger partial charge < -0.3 is 101 Å². The van der Waals surface area contributed by atoms with Gasteiger partial charge in [0.2, 0.25) is 41.6 Å². The average Bonchev–Trinajstić information content (AvgIpc) is 0.757. The van der Waals surface area contributed by atoms with Gasteiger partial charge in [0.15, 0.2) is 28.8 Å². The van der Waals surface area contributed by atoms with Crippen LogP contribution in [0.25, 0.3) is 11.1 Å². The number of amides is 9. The number of fused-ring (bicyclic) bond motifs is 15. The molecule has 5 fully saturated rings. The van der Waals surface area contributed by atoms with E-state index in [0.29, 0.717) is 18.3 Å². The third kappa shape index (κ3) is 22.6. The highest BCUT2D eigenvalue weighted by molar-refractivity contribution is 6.32. The summed E-state index contributed by atoms with van der Waals surface area (Å²) in [6.07, 6.45) is -10.1. The number of likely N-dealkylation sites (N-methyl/N-ethyl adjacent to an activating group) is 1. The molecule has 4 aliphatic carbocycles. The summed E-state index contributed by atoms with van der Waals surface area (Å²) in [5.74, 6) is -16.6. The summed E-state index contributed by atoms with van der Waals surface area (Å²) in [7, 11) is 1.29. The molecule has 15 bridgehead atoms. The summed E-state index contributed by atoms with van der Waals surface area (Å²) in [6.45, 7) is 14.6. The number of ether oxygens (including phenoxy) is 6. The van der Waals surface area contributed by atoms with Gasteiger partial charge in [-0.3, -0.25) is 48.6 Å². The van der Waals surface area contributed by atoms with Gasteiger partial charge in [0.1, 0.15) is 107 Å². The van der Waals surface area contributed by atoms with Crippen LogP contribution in [0.4, 0.5) is 14.4 Å². The van der Waals surface area contributed by atoms with Crippen molar-refractivity contribution in [3.63, 3.8) is 0 Å². The molecule has 5 aromatic rings. The van der Waals surface area contributed by atoms with Crippen molar-refractivity contribution < 1.29 is 122 Å². The molecule has 15 rings (SSSR count). The lowest BCUT2D eigenvalue weighted by Crippen LogP contribution is -2.61. The Hall–Kier alpha value is -10.4. The first kappa shape index (κ1) is 94.7. The zero-order valence-corrected chi connectivity index (χ0v) is 73.5. The van der Waals surface area contributed by atoms with Crippen molar-refractivity contribution in [1.82, 2.24) is 42.1 Å². The second-order valence-electron chi connectivity index (χ2n) is 36.8. The number of alkyl carbamates (subject to hydrolysis) is 1. The molecule has 15 N–H and O–H groups in total. The number of halogens is 2. The molecule has 0 radical (unpaired) electrons. The van der Waals surface area contributed by atoms with Crippen LogP contribution in [-0.4, -0.2) is 191 Å². The second-order valence-corrected chi connectivity index (χ2v) is 37.6. The number of aromatic hydroxyl groups is 3. The van der Waals surface area contributed by atoms with Crippen LogP contribution in [0.1, 0.15) is 223 Å². The summed E-state index contributed by atoms with van der Waals surface area (Å²) in [5, 5.41) is 114. The van der Waals surface area contributed by atoms with Crippen LogP contribution >= 0.6 is 23.2 Å². The van der Waals surface area contributed by atoms with E-state index in [1.165, 1.54) is 43.4 Å². The van der Waals surface area contributed by atoms with E-state index in [1.54, 1.807) is 55.4 Å². The van der Waals surface area contributed by atoms with Crippen molar-refractivity contribution in [1.29, 1.82) is 0 Å². The highest BCUT2D eigenvalue weighted by Crippen LogP contribution is 2.58. The van der Waals surface area contributed by atoms with Gasteiger partial charge in [-0.25, -0.2) is 14.4 Å². The Morgan fingerprint density at radius 2 is 1.23 bits per heavy atom. The summed E-state index contributed by atoms with van der Waals surface area (Å²) < 4.78 is 37.3. The molecule has 14 atom stereocenters. The minimum Gasteiger partial charge on any atom is -0.508 e. The van der Waals surface area contributed by atoms with Crippen LogP contribution in [-0.2, 0) is 52.6 Å². The van der Waals surface area contributed by atoms with E-state index in [9.17, 15) is 60.0 Å². The van der Waals surface area contributed by atoms with Crippen molar-refractivity contribution >= 4 is 88.3 Å². The number of urea groups is 1. The average molecular weight is 1790 g/mol. The molecule has 126 heavy (non-hydrogen) atoms. The van der Waals surface area contributed by atoms with E-state index in [1.807, 2.05) is 0 Å². The Bertz CT molecular complexity index is 4930. The highest BCUT2D eigenvalue weighted by Gasteiger charge is 2.52. The lowest BCUT2D eigenvalue weighted by atomic mass is 9.51. The second kappa shape index (κ2) is 39.9. The van der Waals surface area contributed by atoms with Crippen LogP contribution in [0.5, 0.6) is 46.0 Å². The molecule has 4 saturated carbocycles. The van der Waals surface area contributed by atoms with Gasteiger partial charge >= 0.3 is 18.2 Å². The Labute approximate surface area is 739 Å². The fraction of sp³-hybridized carbons (Fsp3) is 0.549. The molecule has 5 aromatic carbocycles. The Morgan fingerprint density at radius 3 is 1.84 bits per heavy atom. The number of phenols is 3. The third-order valence-corrected chi connectivity index (χ3v) is 25.0. The summed E-state index contributed by atoms with van der Waals surface area (Å²) >= 11 is 14.5. The zero-order valence-electron chi connectivity index (χ0n) is 72.0. The highest BCUT2D eigenvalue weighted by atomic mass is 35.5. The number of unbranched alkanes of at least 4 members (excludes halogenated alkanes) is 5. The molecule has 9 amide bonds. The fourth-order valence-electron chi connectivity index (χ4n) is 18.4. The Kier molecular flexibility index (Phi) is 30.0. The van der Waals surface area contributed by atoms with E-state index in [0.717, 1.165) is 112 Å². The van der Waals surface area contributed by atoms with Gasteiger partial charge in [-0.1, -0.05) is 94.3 Å². The minimum atomic E-state index is -2.28. The van der Waals surface area contributed by atoms with Gasteiger partial charge in [0.05, 0.1) is 21.9 Å². The maximum absolute atomic E-state index is 16.7. The lowest BCUT2D eigenvalue weighted by Gasteiger charge is -2.54. The van der Waals surface area contributed by atoms with Gasteiger partial charge in [-0.05, 0) is 204 Å². The smallest absolute Gasteiger partial charge is 0.410 e.